The lowest BCUT2D eigenvalue weighted by molar-refractivity contribution is 1.10. The van der Waals surface area contributed by atoms with Crippen LogP contribution in [-0.2, 0) is 6.42 Å². The molecule has 0 saturated carbocycles. The van der Waals surface area contributed by atoms with Gasteiger partial charge in [0, 0.05) is 5.02 Å². The number of halogens is 2. The molecule has 0 aromatic heterocycles. The minimum atomic E-state index is -0.125. The average Bonchev–Trinajstić information content (AvgIpc) is 2.62. The van der Waals surface area contributed by atoms with Crippen molar-refractivity contribution in [3.63, 3.8) is 0 Å². The highest BCUT2D eigenvalue weighted by Gasteiger charge is 2.10. The monoisotopic (exact) mass is 340 g/mol. The molecule has 0 spiro atoms. The third kappa shape index (κ3) is 3.77. The molecule has 0 aliphatic rings. The molecule has 3 aromatic rings. The normalized spacial score (nSPS) is 12.1. The summed E-state index contributed by atoms with van der Waals surface area (Å²) < 4.78 is 0. The molecule has 0 fully saturated rings. The Morgan fingerprint density at radius 1 is 0.696 bits per heavy atom. The van der Waals surface area contributed by atoms with E-state index in [4.69, 9.17) is 23.2 Å². The van der Waals surface area contributed by atoms with E-state index in [9.17, 15) is 0 Å². The number of aryl methyl sites for hydroxylation is 1. The van der Waals surface area contributed by atoms with Crippen LogP contribution < -0.4 is 0 Å². The van der Waals surface area contributed by atoms with Crippen LogP contribution in [0.3, 0.4) is 0 Å². The fourth-order valence-electron chi connectivity index (χ4n) is 2.60. The Labute approximate surface area is 147 Å². The molecule has 0 radical (unpaired) electrons. The highest BCUT2D eigenvalue weighted by Crippen LogP contribution is 2.31. The van der Waals surface area contributed by atoms with Crippen LogP contribution in [0.15, 0.2) is 72.8 Å². The maximum atomic E-state index is 6.63. The molecule has 1 atom stereocenters. The molecule has 3 rings (SSSR count). The largest absolute Gasteiger partial charge is 0.113 e. The van der Waals surface area contributed by atoms with E-state index in [1.165, 1.54) is 5.56 Å². The Hall–Kier alpha value is -1.76. The van der Waals surface area contributed by atoms with Gasteiger partial charge in [0.15, 0.2) is 0 Å². The van der Waals surface area contributed by atoms with Gasteiger partial charge in [-0.1, -0.05) is 79.2 Å². The number of hydrogen-bond acceptors (Lipinski definition) is 0. The Morgan fingerprint density at radius 2 is 1.13 bits per heavy atom. The van der Waals surface area contributed by atoms with Crippen molar-refractivity contribution in [2.24, 2.45) is 0 Å². The van der Waals surface area contributed by atoms with Crippen molar-refractivity contribution in [2.45, 2.75) is 18.7 Å². The van der Waals surface area contributed by atoms with Crippen molar-refractivity contribution < 1.29 is 0 Å². The second-order valence-corrected chi connectivity index (χ2v) is 6.46. The summed E-state index contributed by atoms with van der Waals surface area (Å²) >= 11 is 12.6. The van der Waals surface area contributed by atoms with E-state index in [1.807, 2.05) is 24.3 Å². The molecule has 0 aliphatic heterocycles. The number of alkyl halides is 1. The fraction of sp³-hybridized carbons (Fsp3) is 0.143. The first-order chi connectivity index (χ1) is 11.2. The van der Waals surface area contributed by atoms with E-state index in [2.05, 4.69) is 55.5 Å². The van der Waals surface area contributed by atoms with Crippen molar-refractivity contribution in [1.29, 1.82) is 0 Å². The molecule has 3 aromatic carbocycles. The van der Waals surface area contributed by atoms with E-state index in [1.54, 1.807) is 0 Å². The van der Waals surface area contributed by atoms with Crippen LogP contribution in [0.4, 0.5) is 0 Å². The van der Waals surface area contributed by atoms with E-state index in [0.29, 0.717) is 0 Å². The molecular formula is C21H18Cl2. The SMILES string of the molecule is CCc1ccc(C(Cl)c2ccc(-c3ccc(Cl)cc3)cc2)cc1. The Balaban J connectivity index is 1.81. The lowest BCUT2D eigenvalue weighted by Crippen LogP contribution is -1.94. The van der Waals surface area contributed by atoms with Gasteiger partial charge in [-0.05, 0) is 46.4 Å². The van der Waals surface area contributed by atoms with Crippen LogP contribution >= 0.6 is 23.2 Å². The first kappa shape index (κ1) is 16.1. The number of hydrogen-bond donors (Lipinski definition) is 0. The zero-order valence-corrected chi connectivity index (χ0v) is 14.5. The Kier molecular flexibility index (Phi) is 5.05. The molecule has 23 heavy (non-hydrogen) atoms. The topological polar surface area (TPSA) is 0 Å². The van der Waals surface area contributed by atoms with Crippen LogP contribution in [0.1, 0.15) is 29.0 Å². The maximum absolute atomic E-state index is 6.63. The third-order valence-corrected chi connectivity index (χ3v) is 4.82. The molecule has 116 valence electrons. The van der Waals surface area contributed by atoms with Gasteiger partial charge >= 0.3 is 0 Å². The Morgan fingerprint density at radius 3 is 1.61 bits per heavy atom. The molecule has 0 nitrogen and oxygen atoms in total. The molecule has 0 amide bonds. The highest BCUT2D eigenvalue weighted by atomic mass is 35.5. The van der Waals surface area contributed by atoms with Gasteiger partial charge in [-0.2, -0.15) is 0 Å². The summed E-state index contributed by atoms with van der Waals surface area (Å²) in [7, 11) is 0. The van der Waals surface area contributed by atoms with Gasteiger partial charge in [0.1, 0.15) is 0 Å². The van der Waals surface area contributed by atoms with E-state index in [0.717, 1.165) is 33.7 Å². The average molecular weight is 341 g/mol. The van der Waals surface area contributed by atoms with Crippen molar-refractivity contribution in [3.8, 4) is 11.1 Å². The van der Waals surface area contributed by atoms with Gasteiger partial charge < -0.3 is 0 Å². The van der Waals surface area contributed by atoms with Crippen LogP contribution in [0.25, 0.3) is 11.1 Å². The minimum Gasteiger partial charge on any atom is -0.113 e. The Bertz CT molecular complexity index is 756. The molecule has 0 saturated heterocycles. The minimum absolute atomic E-state index is 0.125. The van der Waals surface area contributed by atoms with Crippen molar-refractivity contribution in [2.75, 3.05) is 0 Å². The molecule has 0 bridgehead atoms. The van der Waals surface area contributed by atoms with Crippen molar-refractivity contribution in [1.82, 2.24) is 0 Å². The molecule has 0 heterocycles. The van der Waals surface area contributed by atoms with Gasteiger partial charge in [0.2, 0.25) is 0 Å². The van der Waals surface area contributed by atoms with E-state index < -0.39 is 0 Å². The second kappa shape index (κ2) is 7.21. The summed E-state index contributed by atoms with van der Waals surface area (Å²) in [6.45, 7) is 2.16. The third-order valence-electron chi connectivity index (χ3n) is 4.06. The molecule has 1 unspecified atom stereocenters. The summed E-state index contributed by atoms with van der Waals surface area (Å²) in [5.41, 5.74) is 5.88. The van der Waals surface area contributed by atoms with Gasteiger partial charge in [-0.3, -0.25) is 0 Å². The first-order valence-corrected chi connectivity index (χ1v) is 8.57. The highest BCUT2D eigenvalue weighted by molar-refractivity contribution is 6.30. The van der Waals surface area contributed by atoms with Crippen molar-refractivity contribution >= 4 is 23.2 Å². The van der Waals surface area contributed by atoms with Crippen LogP contribution in [0.2, 0.25) is 5.02 Å². The molecule has 0 aliphatic carbocycles. The number of benzene rings is 3. The summed E-state index contributed by atoms with van der Waals surface area (Å²) in [5, 5.41) is 0.627. The predicted octanol–water partition coefficient (Wildman–Crippen LogP) is 6.90. The smallest absolute Gasteiger partial charge is 0.0835 e. The lowest BCUT2D eigenvalue weighted by atomic mass is 9.99. The summed E-state index contributed by atoms with van der Waals surface area (Å²) in [6, 6.07) is 24.8. The maximum Gasteiger partial charge on any atom is 0.0835 e. The van der Waals surface area contributed by atoms with Crippen LogP contribution in [-0.4, -0.2) is 0 Å². The quantitative estimate of drug-likeness (QED) is 0.453. The van der Waals surface area contributed by atoms with Gasteiger partial charge in [-0.25, -0.2) is 0 Å². The van der Waals surface area contributed by atoms with Crippen LogP contribution in [0.5, 0.6) is 0 Å². The standard InChI is InChI=1S/C21H18Cl2/c1-2-15-3-5-18(6-4-15)21(23)19-9-7-16(8-10-19)17-11-13-20(22)14-12-17/h3-14,21H,2H2,1H3. The predicted molar refractivity (Wildman–Crippen MR) is 100 cm³/mol. The lowest BCUT2D eigenvalue weighted by Gasteiger charge is -2.12. The molecule has 2 heteroatoms. The van der Waals surface area contributed by atoms with E-state index >= 15 is 0 Å². The summed E-state index contributed by atoms with van der Waals surface area (Å²) in [4.78, 5) is 0. The second-order valence-electron chi connectivity index (χ2n) is 5.59. The fourth-order valence-corrected chi connectivity index (χ4v) is 3.02. The first-order valence-electron chi connectivity index (χ1n) is 7.76. The molecular weight excluding hydrogens is 323 g/mol. The zero-order valence-electron chi connectivity index (χ0n) is 13.0. The van der Waals surface area contributed by atoms with Gasteiger partial charge in [0.25, 0.3) is 0 Å². The van der Waals surface area contributed by atoms with Crippen molar-refractivity contribution in [3.05, 3.63) is 94.5 Å². The van der Waals surface area contributed by atoms with Gasteiger partial charge in [-0.15, -0.1) is 11.6 Å². The number of rotatable bonds is 4. The molecule has 0 N–H and O–H groups in total. The van der Waals surface area contributed by atoms with Gasteiger partial charge in [0.05, 0.1) is 5.38 Å². The zero-order chi connectivity index (χ0) is 16.2. The summed E-state index contributed by atoms with van der Waals surface area (Å²) in [6.07, 6.45) is 1.04. The summed E-state index contributed by atoms with van der Waals surface area (Å²) in [5.74, 6) is 0. The van der Waals surface area contributed by atoms with E-state index in [-0.39, 0.29) is 5.38 Å². The van der Waals surface area contributed by atoms with Crippen LogP contribution in [0, 0.1) is 0 Å².